The summed E-state index contributed by atoms with van der Waals surface area (Å²) < 4.78 is 19.0. The smallest absolute Gasteiger partial charge is 0.243 e. The first-order chi connectivity index (χ1) is 39.3. The number of piperidine rings is 2. The first-order valence-electron chi connectivity index (χ1n) is 29.1. The number of phenolic OH excluding ortho intramolecular Hbond substituents is 1. The zero-order valence-corrected chi connectivity index (χ0v) is 47.5. The predicted molar refractivity (Wildman–Crippen MR) is 309 cm³/mol. The summed E-state index contributed by atoms with van der Waals surface area (Å²) in [5.74, 6) is 1.64. The number of hydrogen-bond donors (Lipinski definition) is 4. The van der Waals surface area contributed by atoms with Gasteiger partial charge in [0, 0.05) is 119 Å². The number of nitrogens with zero attached hydrogens (tertiary/aromatic N) is 11. The monoisotopic (exact) mass is 1120 g/mol. The fourth-order valence-corrected chi connectivity index (χ4v) is 14.0. The average molecular weight is 1120 g/mol. The number of β-amino-alcohol motifs (C(OH)–C–C–N with tert-alkyl or cyclic N) is 1. The molecule has 10 heterocycles. The van der Waals surface area contributed by atoms with E-state index in [-0.39, 0.29) is 60.8 Å². The van der Waals surface area contributed by atoms with Crippen LogP contribution < -0.4 is 30.5 Å². The van der Waals surface area contributed by atoms with E-state index in [1.807, 2.05) is 70.3 Å². The molecule has 2 amide bonds. The maximum Gasteiger partial charge on any atom is 0.243 e. The second-order valence-corrected chi connectivity index (χ2v) is 24.5. The van der Waals surface area contributed by atoms with Crippen LogP contribution in [0.15, 0.2) is 83.1 Å². The Bertz CT molecular complexity index is 3140. The summed E-state index contributed by atoms with van der Waals surface area (Å²) in [6.07, 6.45) is 11.5. The highest BCUT2D eigenvalue weighted by atomic mass is 32.1. The van der Waals surface area contributed by atoms with E-state index in [0.29, 0.717) is 46.7 Å². The van der Waals surface area contributed by atoms with Crippen LogP contribution in [0.4, 0.5) is 23.0 Å². The number of aliphatic hydroxyl groups excluding tert-OH is 1. The summed E-state index contributed by atoms with van der Waals surface area (Å²) in [5, 5.41) is 37.4. The van der Waals surface area contributed by atoms with Gasteiger partial charge >= 0.3 is 0 Å². The predicted octanol–water partition coefficient (Wildman–Crippen LogP) is 7.39. The molecule has 21 heteroatoms. The maximum absolute atomic E-state index is 14.4. The summed E-state index contributed by atoms with van der Waals surface area (Å²) in [6.45, 7) is 14.3. The molecule has 1 aliphatic carbocycles. The molecule has 2 unspecified atom stereocenters. The standard InChI is InChI=1S/C60H75N13O7S/c1-35(2)56(60(77)72-33-43(74)24-51(72)59(76)65-36(3)39-9-12-48(63-29-39)57-37(4)64-34-81-57)53-28-54(68-80-53)70-21-14-38(15-22-70)30-69-19-16-44(17-20-69)78-45-25-46(26-45)79-55-23-40(13-18-62-55)73-41-10-11-42(73)32-71(31-41)50-27-49(66-67-58(50)61)47-7-5-6-8-52(47)75/h5-9,12-13,18,23,27-29,34-36,38,41-46,51,56,74-75H,10-11,14-17,19-22,24-26,30-33H2,1-4H3,(H2,61,67)(H,65,76)/t36-,41?,42?,43+,45-,46-,51-,56+/m0/s1. The van der Waals surface area contributed by atoms with Gasteiger partial charge in [0.25, 0.3) is 0 Å². The molecular formula is C60H75N13O7S. The van der Waals surface area contributed by atoms with Crippen molar-refractivity contribution in [3.8, 4) is 33.5 Å². The van der Waals surface area contributed by atoms with E-state index in [2.05, 4.69) is 67.4 Å². The molecule has 81 heavy (non-hydrogen) atoms. The number of anilines is 4. The molecule has 2 bridgehead atoms. The normalized spacial score (nSPS) is 24.4. The van der Waals surface area contributed by atoms with Crippen molar-refractivity contribution in [1.82, 2.24) is 45.4 Å². The highest BCUT2D eigenvalue weighted by Crippen LogP contribution is 2.41. The van der Waals surface area contributed by atoms with Gasteiger partial charge in [-0.25, -0.2) is 9.97 Å². The van der Waals surface area contributed by atoms with E-state index >= 15 is 0 Å². The summed E-state index contributed by atoms with van der Waals surface area (Å²) in [6, 6.07) is 18.5. The lowest BCUT2D eigenvalue weighted by molar-refractivity contribution is -0.141. The fourth-order valence-electron chi connectivity index (χ4n) is 13.2. The Labute approximate surface area is 477 Å². The number of likely N-dealkylation sites (tertiary alicyclic amines) is 2. The molecule has 12 rings (SSSR count). The number of nitrogens with one attached hydrogen (secondary N) is 1. The van der Waals surface area contributed by atoms with Crippen LogP contribution in [-0.4, -0.2) is 157 Å². The van der Waals surface area contributed by atoms with Crippen molar-refractivity contribution >= 4 is 46.2 Å². The molecule has 1 saturated carbocycles. The lowest BCUT2D eigenvalue weighted by Crippen LogP contribution is -2.54. The molecule has 0 spiro atoms. The maximum atomic E-state index is 14.4. The Morgan fingerprint density at radius 2 is 1.62 bits per heavy atom. The van der Waals surface area contributed by atoms with Crippen LogP contribution in [0, 0.1) is 18.8 Å². The third-order valence-corrected chi connectivity index (χ3v) is 18.7. The van der Waals surface area contributed by atoms with Crippen molar-refractivity contribution in [2.75, 3.05) is 72.8 Å². The average Bonchev–Trinajstić information content (AvgIpc) is 4.28. The van der Waals surface area contributed by atoms with E-state index in [9.17, 15) is 19.8 Å². The number of aryl methyl sites for hydroxylation is 1. The van der Waals surface area contributed by atoms with Gasteiger partial charge in [-0.2, -0.15) is 0 Å². The third kappa shape index (κ3) is 11.8. The van der Waals surface area contributed by atoms with E-state index in [4.69, 9.17) is 19.7 Å². The number of aliphatic hydroxyl groups is 1. The van der Waals surface area contributed by atoms with Gasteiger partial charge in [-0.05, 0) is 100 Å². The van der Waals surface area contributed by atoms with Crippen LogP contribution in [0.25, 0.3) is 21.8 Å². The van der Waals surface area contributed by atoms with Gasteiger partial charge in [-0.3, -0.25) is 14.6 Å². The zero-order valence-electron chi connectivity index (χ0n) is 46.7. The molecule has 1 aromatic carbocycles. The van der Waals surface area contributed by atoms with E-state index < -0.39 is 18.1 Å². The van der Waals surface area contributed by atoms with Crippen molar-refractivity contribution < 1.29 is 33.8 Å². The number of pyridine rings is 2. The number of ether oxygens (including phenoxy) is 2. The van der Waals surface area contributed by atoms with Gasteiger partial charge in [0.2, 0.25) is 17.7 Å². The Hall–Kier alpha value is -6.94. The Morgan fingerprint density at radius 1 is 0.840 bits per heavy atom. The van der Waals surface area contributed by atoms with Crippen molar-refractivity contribution in [2.45, 2.75) is 140 Å². The number of hydrogen-bond acceptors (Lipinski definition) is 19. The van der Waals surface area contributed by atoms with Crippen molar-refractivity contribution in [3.05, 3.63) is 95.6 Å². The third-order valence-electron chi connectivity index (χ3n) is 17.8. The fraction of sp³-hybridized carbons (Fsp3) is 0.533. The second-order valence-electron chi connectivity index (χ2n) is 23.6. The number of rotatable bonds is 17. The van der Waals surface area contributed by atoms with Crippen LogP contribution in [0.2, 0.25) is 0 Å². The molecular weight excluding hydrogens is 1050 g/mol. The minimum Gasteiger partial charge on any atom is -0.507 e. The molecule has 5 saturated heterocycles. The Kier molecular flexibility index (Phi) is 15.9. The van der Waals surface area contributed by atoms with Gasteiger partial charge in [0.1, 0.15) is 23.8 Å². The molecule has 20 nitrogen and oxygen atoms in total. The van der Waals surface area contributed by atoms with Gasteiger partial charge in [-0.1, -0.05) is 37.2 Å². The molecule has 6 atom stereocenters. The molecule has 6 fully saturated rings. The van der Waals surface area contributed by atoms with Crippen LogP contribution in [0.5, 0.6) is 11.6 Å². The van der Waals surface area contributed by atoms with Gasteiger partial charge in [0.05, 0.1) is 57.5 Å². The number of amides is 2. The number of para-hydroxylation sites is 1. The Morgan fingerprint density at radius 3 is 2.33 bits per heavy atom. The van der Waals surface area contributed by atoms with Crippen LogP contribution in [-0.2, 0) is 14.3 Å². The SMILES string of the molecule is Cc1ncsc1-c1ccc([C@H](C)NC(=O)[C@@H]2C[C@@H](O)CN2C(=O)[C@@H](c2cc(N3CCC(CN4CCC(O[C@H]5C[C@H](Oc6cc(N7C8CCC7CN(c7cc(-c9ccccc9O)nnc7N)C8)ccn6)C5)CC4)CC3)no2)C(C)C)cn1. The molecule has 5 aliphatic heterocycles. The van der Waals surface area contributed by atoms with Gasteiger partial charge in [-0.15, -0.1) is 21.5 Å². The largest absolute Gasteiger partial charge is 0.507 e. The summed E-state index contributed by atoms with van der Waals surface area (Å²) in [7, 11) is 0. The molecule has 6 aromatic rings. The van der Waals surface area contributed by atoms with Gasteiger partial charge in [0.15, 0.2) is 17.4 Å². The first-order valence-corrected chi connectivity index (χ1v) is 30.0. The number of carbonyl (C=O) groups is 2. The summed E-state index contributed by atoms with van der Waals surface area (Å²) >= 11 is 1.54. The highest BCUT2D eigenvalue weighted by molar-refractivity contribution is 7.13. The number of aromatic nitrogens is 6. The number of piperazine rings is 1. The zero-order chi connectivity index (χ0) is 55.9. The second kappa shape index (κ2) is 23.5. The Balaban J connectivity index is 0.564. The molecule has 5 aromatic heterocycles. The summed E-state index contributed by atoms with van der Waals surface area (Å²) in [4.78, 5) is 54.0. The van der Waals surface area contributed by atoms with E-state index in [1.165, 1.54) is 16.2 Å². The lowest BCUT2D eigenvalue weighted by atomic mass is 9.91. The number of fused-ring (bicyclic) bond motifs is 2. The minimum atomic E-state index is -0.821. The number of aromatic hydroxyl groups is 1. The van der Waals surface area contributed by atoms with Crippen LogP contribution in [0.3, 0.4) is 0 Å². The molecule has 0 radical (unpaired) electrons. The minimum absolute atomic E-state index is 0.0721. The number of nitrogen functional groups attached to an aromatic ring is 1. The summed E-state index contributed by atoms with van der Waals surface area (Å²) in [5.41, 5.74) is 14.0. The molecule has 5 N–H and O–H groups in total. The van der Waals surface area contributed by atoms with E-state index in [0.717, 1.165) is 136 Å². The highest BCUT2D eigenvalue weighted by Gasteiger charge is 2.45. The van der Waals surface area contributed by atoms with Crippen molar-refractivity contribution in [3.63, 3.8) is 0 Å². The number of benzene rings is 1. The first kappa shape index (κ1) is 54.6. The number of thiazole rings is 1. The molecule has 6 aliphatic rings. The quantitative estimate of drug-likeness (QED) is 0.0697. The number of carbonyl (C=O) groups excluding carboxylic acids is 2. The van der Waals surface area contributed by atoms with Crippen LogP contribution in [0.1, 0.15) is 108 Å². The number of phenols is 1. The number of nitrogens with two attached hydrogens (primary N) is 1. The van der Waals surface area contributed by atoms with Crippen molar-refractivity contribution in [1.29, 1.82) is 0 Å². The van der Waals surface area contributed by atoms with Gasteiger partial charge < -0.3 is 59.8 Å². The van der Waals surface area contributed by atoms with Crippen LogP contribution >= 0.6 is 11.3 Å². The molecule has 428 valence electrons. The van der Waals surface area contributed by atoms with E-state index in [1.54, 1.807) is 23.8 Å². The topological polar surface area (TPSA) is 238 Å². The van der Waals surface area contributed by atoms with Crippen molar-refractivity contribution in [2.24, 2.45) is 11.8 Å². The lowest BCUT2D eigenvalue weighted by Gasteiger charge is -2.43.